The number of aromatic nitrogens is 3. The van der Waals surface area contributed by atoms with Crippen molar-refractivity contribution in [2.24, 2.45) is 0 Å². The molecule has 2 aromatic heterocycles. The molecule has 0 aliphatic carbocycles. The van der Waals surface area contributed by atoms with Crippen molar-refractivity contribution in [1.29, 1.82) is 0 Å². The van der Waals surface area contributed by atoms with Crippen molar-refractivity contribution in [2.45, 2.75) is 6.61 Å². The number of nitrogens with zero attached hydrogens (tertiary/aromatic N) is 3. The molecule has 0 bridgehead atoms. The molecule has 8 heteroatoms. The van der Waals surface area contributed by atoms with Gasteiger partial charge in [-0.15, -0.1) is 0 Å². The molecule has 1 amide bonds. The molecule has 4 aromatic rings. The number of anilines is 1. The molecule has 0 unspecified atom stereocenters. The first-order valence-corrected chi connectivity index (χ1v) is 9.39. The Hall–Kier alpha value is -4.33. The van der Waals surface area contributed by atoms with Crippen LogP contribution >= 0.6 is 0 Å². The van der Waals surface area contributed by atoms with Gasteiger partial charge in [-0.1, -0.05) is 30.3 Å². The summed E-state index contributed by atoms with van der Waals surface area (Å²) in [6.07, 6.45) is 1.47. The van der Waals surface area contributed by atoms with Gasteiger partial charge in [0.15, 0.2) is 0 Å². The molecule has 0 atom stereocenters. The number of pyridine rings is 1. The standard InChI is InChI=1S/C23H17FN4O3/c24-17-6-9-19(10-7-17)28-22(29)13-11-20(27-28)23(30)26-18-8-12-21(25-14-18)31-15-16-4-2-1-3-5-16/h1-14H,15H2,(H,26,30). The molecule has 0 saturated carbocycles. The van der Waals surface area contributed by atoms with Crippen molar-refractivity contribution in [3.8, 4) is 11.6 Å². The normalized spacial score (nSPS) is 10.5. The van der Waals surface area contributed by atoms with E-state index in [-0.39, 0.29) is 5.69 Å². The molecular weight excluding hydrogens is 399 g/mol. The monoisotopic (exact) mass is 416 g/mol. The number of carbonyl (C=O) groups is 1. The van der Waals surface area contributed by atoms with Crippen molar-refractivity contribution < 1.29 is 13.9 Å². The van der Waals surface area contributed by atoms with Crippen LogP contribution in [0.25, 0.3) is 5.69 Å². The second kappa shape index (κ2) is 9.00. The van der Waals surface area contributed by atoms with Crippen molar-refractivity contribution in [3.05, 3.63) is 112 Å². The third-order valence-electron chi connectivity index (χ3n) is 4.33. The number of ether oxygens (including phenoxy) is 1. The van der Waals surface area contributed by atoms with E-state index in [9.17, 15) is 14.0 Å². The molecular formula is C23H17FN4O3. The highest BCUT2D eigenvalue weighted by molar-refractivity contribution is 6.02. The van der Waals surface area contributed by atoms with E-state index in [4.69, 9.17) is 4.74 Å². The fourth-order valence-corrected chi connectivity index (χ4v) is 2.77. The van der Waals surface area contributed by atoms with E-state index in [2.05, 4.69) is 15.4 Å². The van der Waals surface area contributed by atoms with Gasteiger partial charge in [-0.05, 0) is 42.0 Å². The van der Waals surface area contributed by atoms with Gasteiger partial charge in [0.05, 0.1) is 17.6 Å². The van der Waals surface area contributed by atoms with Gasteiger partial charge in [-0.3, -0.25) is 9.59 Å². The lowest BCUT2D eigenvalue weighted by molar-refractivity contribution is 0.102. The highest BCUT2D eigenvalue weighted by Crippen LogP contribution is 2.14. The number of benzene rings is 2. The topological polar surface area (TPSA) is 86.1 Å². The Balaban J connectivity index is 1.44. The highest BCUT2D eigenvalue weighted by Gasteiger charge is 2.12. The molecule has 0 radical (unpaired) electrons. The maximum absolute atomic E-state index is 13.1. The van der Waals surface area contributed by atoms with E-state index >= 15 is 0 Å². The zero-order chi connectivity index (χ0) is 21.6. The summed E-state index contributed by atoms with van der Waals surface area (Å²) in [5.41, 5.74) is 1.39. The number of hydrogen-bond acceptors (Lipinski definition) is 5. The maximum atomic E-state index is 13.1. The van der Waals surface area contributed by atoms with Crippen LogP contribution in [0.5, 0.6) is 5.88 Å². The molecule has 1 N–H and O–H groups in total. The second-order valence-electron chi connectivity index (χ2n) is 6.56. The van der Waals surface area contributed by atoms with Crippen LogP contribution in [0.1, 0.15) is 16.1 Å². The lowest BCUT2D eigenvalue weighted by Gasteiger charge is -2.09. The van der Waals surface area contributed by atoms with Crippen LogP contribution in [0.3, 0.4) is 0 Å². The van der Waals surface area contributed by atoms with Crippen LogP contribution in [0.4, 0.5) is 10.1 Å². The highest BCUT2D eigenvalue weighted by atomic mass is 19.1. The van der Waals surface area contributed by atoms with Crippen molar-refractivity contribution in [2.75, 3.05) is 5.32 Å². The number of hydrogen-bond donors (Lipinski definition) is 1. The molecule has 0 fully saturated rings. The predicted molar refractivity (Wildman–Crippen MR) is 113 cm³/mol. The Labute approximate surface area is 176 Å². The molecule has 0 saturated heterocycles. The van der Waals surface area contributed by atoms with Gasteiger partial charge >= 0.3 is 0 Å². The average Bonchev–Trinajstić information content (AvgIpc) is 2.80. The summed E-state index contributed by atoms with van der Waals surface area (Å²) in [5, 5.41) is 6.75. The molecule has 2 heterocycles. The van der Waals surface area contributed by atoms with E-state index in [1.165, 1.54) is 42.6 Å². The van der Waals surface area contributed by atoms with Gasteiger partial charge in [0, 0.05) is 12.1 Å². The summed E-state index contributed by atoms with van der Waals surface area (Å²) in [4.78, 5) is 28.8. The minimum Gasteiger partial charge on any atom is -0.473 e. The van der Waals surface area contributed by atoms with Crippen LogP contribution in [0.2, 0.25) is 0 Å². The van der Waals surface area contributed by atoms with E-state index in [0.717, 1.165) is 10.2 Å². The van der Waals surface area contributed by atoms with Gasteiger partial charge in [-0.2, -0.15) is 9.78 Å². The summed E-state index contributed by atoms with van der Waals surface area (Å²) >= 11 is 0. The molecule has 0 aliphatic heterocycles. The maximum Gasteiger partial charge on any atom is 0.276 e. The van der Waals surface area contributed by atoms with E-state index in [1.807, 2.05) is 30.3 Å². The Morgan fingerprint density at radius 3 is 2.45 bits per heavy atom. The molecule has 2 aromatic carbocycles. The number of nitrogens with one attached hydrogen (secondary N) is 1. The minimum atomic E-state index is -0.518. The van der Waals surface area contributed by atoms with Crippen LogP contribution in [-0.4, -0.2) is 20.7 Å². The molecule has 4 rings (SSSR count). The largest absolute Gasteiger partial charge is 0.473 e. The van der Waals surface area contributed by atoms with Gasteiger partial charge in [0.25, 0.3) is 11.5 Å². The van der Waals surface area contributed by atoms with E-state index < -0.39 is 17.3 Å². The summed E-state index contributed by atoms with van der Waals surface area (Å²) < 4.78 is 19.8. The lowest BCUT2D eigenvalue weighted by atomic mass is 10.2. The molecule has 0 aliphatic rings. The quantitative estimate of drug-likeness (QED) is 0.519. The zero-order valence-electron chi connectivity index (χ0n) is 16.2. The Morgan fingerprint density at radius 1 is 0.968 bits per heavy atom. The zero-order valence-corrected chi connectivity index (χ0v) is 16.2. The fourth-order valence-electron chi connectivity index (χ4n) is 2.77. The third-order valence-corrected chi connectivity index (χ3v) is 4.33. The van der Waals surface area contributed by atoms with Crippen LogP contribution < -0.4 is 15.6 Å². The predicted octanol–water partition coefficient (Wildman–Crippen LogP) is 3.60. The molecule has 31 heavy (non-hydrogen) atoms. The summed E-state index contributed by atoms with van der Waals surface area (Å²) in [7, 11) is 0. The molecule has 154 valence electrons. The van der Waals surface area contributed by atoms with Gasteiger partial charge < -0.3 is 10.1 Å². The van der Waals surface area contributed by atoms with Gasteiger partial charge in [0.1, 0.15) is 18.1 Å². The average molecular weight is 416 g/mol. The number of rotatable bonds is 6. The number of amides is 1. The van der Waals surface area contributed by atoms with Gasteiger partial charge in [0.2, 0.25) is 5.88 Å². The van der Waals surface area contributed by atoms with Gasteiger partial charge in [-0.25, -0.2) is 9.37 Å². The molecule has 0 spiro atoms. The molecule has 7 nitrogen and oxygen atoms in total. The third kappa shape index (κ3) is 4.99. The van der Waals surface area contributed by atoms with Crippen LogP contribution in [0, 0.1) is 5.82 Å². The van der Waals surface area contributed by atoms with Crippen molar-refractivity contribution in [3.63, 3.8) is 0 Å². The van der Waals surface area contributed by atoms with Crippen LogP contribution in [0.15, 0.2) is 89.9 Å². The summed E-state index contributed by atoms with van der Waals surface area (Å²) in [6, 6.07) is 20.8. The Kier molecular flexibility index (Phi) is 5.79. The van der Waals surface area contributed by atoms with Crippen molar-refractivity contribution in [1.82, 2.24) is 14.8 Å². The summed E-state index contributed by atoms with van der Waals surface area (Å²) in [5.74, 6) is -0.533. The van der Waals surface area contributed by atoms with E-state index in [1.54, 1.807) is 12.1 Å². The van der Waals surface area contributed by atoms with E-state index in [0.29, 0.717) is 23.9 Å². The van der Waals surface area contributed by atoms with Crippen LogP contribution in [-0.2, 0) is 6.61 Å². The van der Waals surface area contributed by atoms with Crippen molar-refractivity contribution >= 4 is 11.6 Å². The minimum absolute atomic E-state index is 0.0216. The number of halogens is 1. The Bertz CT molecular complexity index is 1240. The lowest BCUT2D eigenvalue weighted by Crippen LogP contribution is -2.24. The Morgan fingerprint density at radius 2 is 1.74 bits per heavy atom. The number of carbonyl (C=O) groups excluding carboxylic acids is 1. The summed E-state index contributed by atoms with van der Waals surface area (Å²) in [6.45, 7) is 0.383. The second-order valence-corrected chi connectivity index (χ2v) is 6.56. The fraction of sp³-hybridized carbons (Fsp3) is 0.0435. The first-order chi connectivity index (χ1) is 15.1. The smallest absolute Gasteiger partial charge is 0.276 e. The first-order valence-electron chi connectivity index (χ1n) is 9.39. The first kappa shape index (κ1) is 20.0. The SMILES string of the molecule is O=C(Nc1ccc(OCc2ccccc2)nc1)c1ccc(=O)n(-c2ccc(F)cc2)n1.